The minimum absolute atomic E-state index is 0. The largest absolute Gasteiger partial charge is 2.00 e. The second-order valence-electron chi connectivity index (χ2n) is 0.250. The van der Waals surface area contributed by atoms with Gasteiger partial charge in [0, 0.05) is 0 Å². The van der Waals surface area contributed by atoms with Crippen LogP contribution >= 0.6 is 0 Å². The van der Waals surface area contributed by atoms with Crippen LogP contribution in [0.1, 0.15) is 0 Å². The summed E-state index contributed by atoms with van der Waals surface area (Å²) >= 11 is 0. The summed E-state index contributed by atoms with van der Waals surface area (Å²) in [5.41, 5.74) is 0. The van der Waals surface area contributed by atoms with Crippen molar-refractivity contribution in [1.29, 1.82) is 0 Å². The van der Waals surface area contributed by atoms with Crippen LogP contribution in [0.25, 0.3) is 0 Å². The molecule has 0 aromatic rings. The minimum atomic E-state index is -2.33. The van der Waals surface area contributed by atoms with Crippen molar-refractivity contribution in [2.75, 3.05) is 0 Å². The first-order valence-corrected chi connectivity index (χ1v) is 0.612. The molecule has 0 aliphatic heterocycles. The number of halogens is 1. The maximum absolute atomic E-state index is 8.33. The van der Waals surface area contributed by atoms with Gasteiger partial charge in [0.05, 0.1) is 12.4 Å². The summed E-state index contributed by atoms with van der Waals surface area (Å²) < 4.78 is 0. The van der Waals surface area contributed by atoms with Gasteiger partial charge >= 0.3 is 17.1 Å². The summed E-state index contributed by atoms with van der Waals surface area (Å²) in [6.45, 7) is 0. The van der Waals surface area contributed by atoms with Gasteiger partial charge in [-0.2, -0.15) is 0 Å². The molecule has 5 heteroatoms. The maximum Gasteiger partial charge on any atom is 2.00 e. The molecule has 0 spiro atoms. The molecule has 3 nitrogen and oxygen atoms in total. The summed E-state index contributed by atoms with van der Waals surface area (Å²) in [5.74, 6) is 0. The van der Waals surface area contributed by atoms with Crippen LogP contribution in [0.4, 0.5) is 4.79 Å². The Kier molecular flexibility index (Phi) is 24.6. The molecule has 0 unspecified atom stereocenters. The van der Waals surface area contributed by atoms with Crippen molar-refractivity contribution in [3.63, 3.8) is 0 Å². The van der Waals surface area contributed by atoms with Gasteiger partial charge in [-0.1, -0.05) is 0 Å². The van der Waals surface area contributed by atoms with Crippen molar-refractivity contribution in [3.05, 3.63) is 0 Å². The average Bonchev–Trinajstić information content (AvgIpc) is 0.811. The third-order valence-electron chi connectivity index (χ3n) is 0. The summed E-state index contributed by atoms with van der Waals surface area (Å²) in [4.78, 5) is 8.33. The Bertz CT molecular complexity index is 33.8. The van der Waals surface area contributed by atoms with E-state index in [4.69, 9.17) is 15.0 Å². The van der Waals surface area contributed by atoms with Crippen molar-refractivity contribution in [1.82, 2.24) is 0 Å². The number of hydrogen-bond donors (Lipinski definition) is 0. The summed E-state index contributed by atoms with van der Waals surface area (Å²) in [7, 11) is 0. The van der Waals surface area contributed by atoms with E-state index < -0.39 is 6.16 Å². The van der Waals surface area contributed by atoms with Crippen molar-refractivity contribution in [3.8, 4) is 0 Å². The van der Waals surface area contributed by atoms with E-state index in [0.717, 1.165) is 0 Å². The molecule has 1 radical (unpaired) electrons. The molecule has 0 N–H and O–H groups in total. The van der Waals surface area contributed by atoms with Crippen LogP contribution in [-0.2, 0) is 17.1 Å². The predicted molar refractivity (Wildman–Crippen MR) is 8.19 cm³/mol. The molecule has 0 bridgehead atoms. The molecule has 0 aliphatic rings. The molecule has 0 aromatic carbocycles. The van der Waals surface area contributed by atoms with Crippen LogP contribution in [0.2, 0.25) is 0 Å². The summed E-state index contributed by atoms with van der Waals surface area (Å²) in [6, 6.07) is 0. The fourth-order valence-corrected chi connectivity index (χ4v) is 0. The zero-order valence-electron chi connectivity index (χ0n) is 2.47. The topological polar surface area (TPSA) is 63.2 Å². The molecule has 0 rings (SSSR count). The van der Waals surface area contributed by atoms with E-state index in [1.54, 1.807) is 0 Å². The van der Waals surface area contributed by atoms with Crippen LogP contribution in [0.3, 0.4) is 0 Å². The van der Waals surface area contributed by atoms with E-state index in [1.165, 1.54) is 0 Å². The van der Waals surface area contributed by atoms with Gasteiger partial charge in [-0.15, -0.1) is 0 Å². The quantitative estimate of drug-likeness (QED) is 0.356. The van der Waals surface area contributed by atoms with E-state index in [2.05, 4.69) is 0 Å². The number of hydrogen-bond acceptors (Lipinski definition) is 3. The fraction of sp³-hybridized carbons (Fsp3) is 0. The summed E-state index contributed by atoms with van der Waals surface area (Å²) in [5, 5.41) is 16.7. The van der Waals surface area contributed by atoms with Gasteiger partial charge in [0.15, 0.2) is 0 Å². The van der Waals surface area contributed by atoms with Crippen LogP contribution in [-0.4, -0.2) is 6.16 Å². The Hall–Kier alpha value is 0.0795. The Balaban J connectivity index is -0.0000000450. The molecular weight excluding hydrogens is 159 g/mol. The third-order valence-corrected chi connectivity index (χ3v) is 0. The minimum Gasteiger partial charge on any atom is -0.652 e. The monoisotopic (exact) mass is 160 g/mol. The first kappa shape index (κ1) is 16.5. The molecule has 0 amide bonds. The van der Waals surface area contributed by atoms with Gasteiger partial charge < -0.3 is 15.0 Å². The SMILES string of the molecule is O=C([O-])[O-].[ClH2+].[Cu+2]. The molecule has 6 heavy (non-hydrogen) atoms. The number of carbonyl (C=O) groups excluding carboxylic acids is 1. The predicted octanol–water partition coefficient (Wildman–Crippen LogP) is -2.98. The molecule has 0 aromatic heterocycles. The smallest absolute Gasteiger partial charge is 0.652 e. The van der Waals surface area contributed by atoms with E-state index in [9.17, 15) is 0 Å². The van der Waals surface area contributed by atoms with Crippen LogP contribution < -0.4 is 10.2 Å². The van der Waals surface area contributed by atoms with Gasteiger partial charge in [-0.25, -0.2) is 0 Å². The molecule has 0 saturated carbocycles. The molecule has 0 fully saturated rings. The van der Waals surface area contributed by atoms with Crippen LogP contribution in [0, 0.1) is 12.4 Å². The standard InChI is InChI=1S/CH2O3.ClH2.Cu/c2-1(3)4;;/h(H2,2,3,4);1H2;/q;+1;+2/p-2. The maximum atomic E-state index is 8.33. The third kappa shape index (κ3) is 6120. The van der Waals surface area contributed by atoms with Crippen molar-refractivity contribution < 1.29 is 44.5 Å². The Morgan fingerprint density at radius 3 is 1.33 bits per heavy atom. The van der Waals surface area contributed by atoms with Crippen molar-refractivity contribution in [2.45, 2.75) is 0 Å². The Morgan fingerprint density at radius 1 is 1.33 bits per heavy atom. The summed E-state index contributed by atoms with van der Waals surface area (Å²) in [6.07, 6.45) is -2.33. The Labute approximate surface area is 51.2 Å². The van der Waals surface area contributed by atoms with Gasteiger partial charge in [0.2, 0.25) is 0 Å². The van der Waals surface area contributed by atoms with Gasteiger partial charge in [0.25, 0.3) is 0 Å². The van der Waals surface area contributed by atoms with Gasteiger partial charge in [-0.05, 0) is 6.16 Å². The first-order chi connectivity index (χ1) is 1.73. The van der Waals surface area contributed by atoms with Crippen LogP contribution in [0.15, 0.2) is 0 Å². The normalized spacial score (nSPS) is 4.00. The van der Waals surface area contributed by atoms with E-state index >= 15 is 0 Å². The molecule has 0 heterocycles. The second kappa shape index (κ2) is 8.91. The van der Waals surface area contributed by atoms with Crippen molar-refractivity contribution >= 4 is 6.16 Å². The molecular formula is CH2ClCuO3+. The van der Waals surface area contributed by atoms with Gasteiger partial charge in [0.1, 0.15) is 0 Å². The number of carbonyl (C=O) groups is 1. The number of carboxylic acid groups (broad SMARTS) is 2. The molecule has 0 aliphatic carbocycles. The zero-order valence-corrected chi connectivity index (χ0v) is 4.31. The molecule has 0 atom stereocenters. The van der Waals surface area contributed by atoms with E-state index in [0.29, 0.717) is 0 Å². The van der Waals surface area contributed by atoms with Crippen LogP contribution in [0.5, 0.6) is 0 Å². The first-order valence-electron chi connectivity index (χ1n) is 0.612. The molecule has 41 valence electrons. The number of rotatable bonds is 0. The van der Waals surface area contributed by atoms with E-state index in [-0.39, 0.29) is 29.5 Å². The molecule has 0 saturated heterocycles. The van der Waals surface area contributed by atoms with Crippen molar-refractivity contribution in [2.24, 2.45) is 0 Å². The fourth-order valence-electron chi connectivity index (χ4n) is 0. The average molecular weight is 161 g/mol. The Morgan fingerprint density at radius 2 is 1.33 bits per heavy atom. The second-order valence-corrected chi connectivity index (χ2v) is 0.250. The zero-order chi connectivity index (χ0) is 3.58. The van der Waals surface area contributed by atoms with E-state index in [1.807, 2.05) is 0 Å². The van der Waals surface area contributed by atoms with Gasteiger partial charge in [-0.3, -0.25) is 0 Å².